The van der Waals surface area contributed by atoms with Crippen molar-refractivity contribution in [1.82, 2.24) is 15.3 Å². The predicted octanol–water partition coefficient (Wildman–Crippen LogP) is 2.46. The van der Waals surface area contributed by atoms with Crippen LogP contribution in [0.1, 0.15) is 12.8 Å². The number of piperidine rings is 1. The van der Waals surface area contributed by atoms with Crippen molar-refractivity contribution in [2.75, 3.05) is 31.3 Å². The fourth-order valence-electron chi connectivity index (χ4n) is 2.01. The van der Waals surface area contributed by atoms with Crippen molar-refractivity contribution in [2.24, 2.45) is 0 Å². The molecule has 18 heavy (non-hydrogen) atoms. The third-order valence-corrected chi connectivity index (χ3v) is 3.76. The molecule has 1 aromatic heterocycles. The molecule has 1 unspecified atom stereocenters. The molecule has 7 heteroatoms. The fraction of sp³-hybridized carbons (Fsp3) is 0.636. The molecule has 4 nitrogen and oxygen atoms in total. The van der Waals surface area contributed by atoms with Gasteiger partial charge >= 0.3 is 0 Å². The summed E-state index contributed by atoms with van der Waals surface area (Å²) in [7, 11) is 2.07. The summed E-state index contributed by atoms with van der Waals surface area (Å²) >= 11 is 7.52. The molecule has 2 rings (SSSR count). The minimum Gasteiger partial charge on any atom is -0.355 e. The van der Waals surface area contributed by atoms with E-state index < -0.39 is 0 Å². The number of halogens is 2. The summed E-state index contributed by atoms with van der Waals surface area (Å²) in [5.74, 6) is 0.906. The summed E-state index contributed by atoms with van der Waals surface area (Å²) in [6.45, 7) is 2.12. The molecule has 1 saturated heterocycles. The Hall–Kier alpha value is -0.230. The van der Waals surface area contributed by atoms with Crippen molar-refractivity contribution in [3.63, 3.8) is 0 Å². The van der Waals surface area contributed by atoms with E-state index in [0.717, 1.165) is 24.1 Å². The van der Waals surface area contributed by atoms with Crippen LogP contribution in [-0.4, -0.2) is 42.4 Å². The van der Waals surface area contributed by atoms with Crippen molar-refractivity contribution in [1.29, 1.82) is 0 Å². The number of rotatable bonds is 3. The molecule has 1 atom stereocenters. The van der Waals surface area contributed by atoms with Crippen LogP contribution in [0.2, 0.25) is 5.15 Å². The highest BCUT2D eigenvalue weighted by Gasteiger charge is 2.19. The molecule has 102 valence electrons. The third kappa shape index (κ3) is 3.88. The number of nitrogens with one attached hydrogen (secondary N) is 1. The van der Waals surface area contributed by atoms with Crippen LogP contribution in [-0.2, 0) is 0 Å². The normalized spacial score (nSPS) is 19.2. The zero-order valence-corrected chi connectivity index (χ0v) is 12.9. The second kappa shape index (κ2) is 7.38. The Balaban J connectivity index is 0.00000162. The molecule has 0 saturated carbocycles. The van der Waals surface area contributed by atoms with Gasteiger partial charge in [-0.25, -0.2) is 9.97 Å². The standard InChI is InChI=1S/C11H17ClN4S.ClH/c1-16(8-4-3-5-13-7-8)10-6-9(12)14-11(15-10)17-2;/h6,8,13H,3-5,7H2,1-2H3;1H. The van der Waals surface area contributed by atoms with Crippen LogP contribution in [0.4, 0.5) is 5.82 Å². The topological polar surface area (TPSA) is 41.1 Å². The number of anilines is 1. The van der Waals surface area contributed by atoms with E-state index in [4.69, 9.17) is 11.6 Å². The summed E-state index contributed by atoms with van der Waals surface area (Å²) in [6, 6.07) is 2.32. The molecule has 1 aliphatic rings. The second-order valence-corrected chi connectivity index (χ2v) is 5.31. The van der Waals surface area contributed by atoms with Crippen LogP contribution in [0, 0.1) is 0 Å². The summed E-state index contributed by atoms with van der Waals surface area (Å²) in [4.78, 5) is 10.8. The van der Waals surface area contributed by atoms with Gasteiger partial charge in [0.2, 0.25) is 0 Å². The Kier molecular flexibility index (Phi) is 6.49. The molecule has 1 aromatic rings. The number of aromatic nitrogens is 2. The van der Waals surface area contributed by atoms with Crippen molar-refractivity contribution in [3.8, 4) is 0 Å². The van der Waals surface area contributed by atoms with Gasteiger partial charge in [-0.1, -0.05) is 23.4 Å². The maximum atomic E-state index is 6.01. The quantitative estimate of drug-likeness (QED) is 0.528. The average Bonchev–Trinajstić information content (AvgIpc) is 2.38. The SMILES string of the molecule is CSc1nc(Cl)cc(N(C)C2CCCNC2)n1.Cl. The summed E-state index contributed by atoms with van der Waals surface area (Å²) in [6.07, 6.45) is 4.36. The van der Waals surface area contributed by atoms with Gasteiger partial charge in [-0.05, 0) is 25.6 Å². The Bertz CT molecular complexity index is 385. The number of hydrogen-bond donors (Lipinski definition) is 1. The van der Waals surface area contributed by atoms with Crippen LogP contribution in [0.5, 0.6) is 0 Å². The van der Waals surface area contributed by atoms with Gasteiger partial charge in [0.1, 0.15) is 11.0 Å². The van der Waals surface area contributed by atoms with E-state index in [-0.39, 0.29) is 12.4 Å². The van der Waals surface area contributed by atoms with Crippen LogP contribution in [0.3, 0.4) is 0 Å². The van der Waals surface area contributed by atoms with E-state index >= 15 is 0 Å². The fourth-order valence-corrected chi connectivity index (χ4v) is 2.61. The Morgan fingerprint density at radius 1 is 1.50 bits per heavy atom. The van der Waals surface area contributed by atoms with E-state index in [0.29, 0.717) is 11.2 Å². The van der Waals surface area contributed by atoms with Gasteiger partial charge in [0.05, 0.1) is 0 Å². The third-order valence-electron chi connectivity index (χ3n) is 3.02. The van der Waals surface area contributed by atoms with Gasteiger partial charge < -0.3 is 10.2 Å². The zero-order valence-electron chi connectivity index (χ0n) is 10.5. The Labute approximate surface area is 123 Å². The number of likely N-dealkylation sites (N-methyl/N-ethyl adjacent to an activating group) is 1. The highest BCUT2D eigenvalue weighted by Crippen LogP contribution is 2.22. The van der Waals surface area contributed by atoms with Crippen LogP contribution >= 0.6 is 35.8 Å². The van der Waals surface area contributed by atoms with Crippen molar-refractivity contribution < 1.29 is 0 Å². The second-order valence-electron chi connectivity index (χ2n) is 4.15. The van der Waals surface area contributed by atoms with E-state index in [1.54, 1.807) is 0 Å². The molecular formula is C11H18Cl2N4S. The molecule has 1 aliphatic heterocycles. The van der Waals surface area contributed by atoms with Crippen LogP contribution in [0.15, 0.2) is 11.2 Å². The molecule has 0 bridgehead atoms. The molecule has 0 aromatic carbocycles. The van der Waals surface area contributed by atoms with Crippen molar-refractivity contribution >= 4 is 41.6 Å². The predicted molar refractivity (Wildman–Crippen MR) is 80.4 cm³/mol. The van der Waals surface area contributed by atoms with Gasteiger partial charge in [-0.15, -0.1) is 12.4 Å². The van der Waals surface area contributed by atoms with E-state index in [9.17, 15) is 0 Å². The summed E-state index contributed by atoms with van der Waals surface area (Å²) in [5.41, 5.74) is 0. The van der Waals surface area contributed by atoms with E-state index in [1.807, 2.05) is 12.3 Å². The average molecular weight is 309 g/mol. The molecule has 0 radical (unpaired) electrons. The first kappa shape index (κ1) is 15.8. The smallest absolute Gasteiger partial charge is 0.190 e. The van der Waals surface area contributed by atoms with Crippen LogP contribution in [0.25, 0.3) is 0 Å². The van der Waals surface area contributed by atoms with Gasteiger partial charge in [0.15, 0.2) is 5.16 Å². The lowest BCUT2D eigenvalue weighted by Gasteiger charge is -2.32. The lowest BCUT2D eigenvalue weighted by molar-refractivity contribution is 0.442. The van der Waals surface area contributed by atoms with Gasteiger partial charge in [0.25, 0.3) is 0 Å². The largest absolute Gasteiger partial charge is 0.355 e. The maximum Gasteiger partial charge on any atom is 0.190 e. The molecule has 1 N–H and O–H groups in total. The summed E-state index contributed by atoms with van der Waals surface area (Å²) < 4.78 is 0. The highest BCUT2D eigenvalue weighted by atomic mass is 35.5. The number of nitrogens with zero attached hydrogens (tertiary/aromatic N) is 3. The number of hydrogen-bond acceptors (Lipinski definition) is 5. The first-order valence-corrected chi connectivity index (χ1v) is 7.33. The number of thioether (sulfide) groups is 1. The monoisotopic (exact) mass is 308 g/mol. The van der Waals surface area contributed by atoms with Gasteiger partial charge in [0, 0.05) is 25.7 Å². The van der Waals surface area contributed by atoms with Gasteiger partial charge in [-0.2, -0.15) is 0 Å². The maximum absolute atomic E-state index is 6.01. The van der Waals surface area contributed by atoms with Gasteiger partial charge in [-0.3, -0.25) is 0 Å². The Morgan fingerprint density at radius 3 is 2.89 bits per heavy atom. The first-order chi connectivity index (χ1) is 8.20. The zero-order chi connectivity index (χ0) is 12.3. The molecule has 0 aliphatic carbocycles. The Morgan fingerprint density at radius 2 is 2.28 bits per heavy atom. The minimum atomic E-state index is 0. The molecule has 2 heterocycles. The summed E-state index contributed by atoms with van der Waals surface area (Å²) in [5, 5.41) is 4.64. The van der Waals surface area contributed by atoms with Crippen molar-refractivity contribution in [3.05, 3.63) is 11.2 Å². The van der Waals surface area contributed by atoms with Crippen molar-refractivity contribution in [2.45, 2.75) is 24.0 Å². The lowest BCUT2D eigenvalue weighted by atomic mass is 10.1. The van der Waals surface area contributed by atoms with E-state index in [1.165, 1.54) is 24.6 Å². The highest BCUT2D eigenvalue weighted by molar-refractivity contribution is 7.98. The molecule has 0 spiro atoms. The molecule has 1 fully saturated rings. The molecular weight excluding hydrogens is 291 g/mol. The lowest BCUT2D eigenvalue weighted by Crippen LogP contribution is -2.44. The molecule has 0 amide bonds. The minimum absolute atomic E-state index is 0. The first-order valence-electron chi connectivity index (χ1n) is 5.73. The van der Waals surface area contributed by atoms with E-state index in [2.05, 4.69) is 27.2 Å². The van der Waals surface area contributed by atoms with Crippen LogP contribution < -0.4 is 10.2 Å².